The first-order chi connectivity index (χ1) is 8.10. The summed E-state index contributed by atoms with van der Waals surface area (Å²) in [6, 6.07) is 0. The number of rotatable bonds is 3. The quantitative estimate of drug-likeness (QED) is 0.709. The summed E-state index contributed by atoms with van der Waals surface area (Å²) < 4.78 is 10.4. The van der Waals surface area contributed by atoms with E-state index >= 15 is 0 Å². The zero-order valence-electron chi connectivity index (χ0n) is 10.5. The molecule has 1 rings (SSSR count). The Morgan fingerprint density at radius 3 is 2.41 bits per heavy atom. The molecule has 17 heavy (non-hydrogen) atoms. The molecule has 94 valence electrons. The smallest absolute Gasteiger partial charge is 0.339 e. The monoisotopic (exact) mass is 238 g/mol. The molecule has 0 aromatic carbocycles. The van der Waals surface area contributed by atoms with Crippen LogP contribution in [0.3, 0.4) is 0 Å². The van der Waals surface area contributed by atoms with E-state index in [1.54, 1.807) is 13.0 Å². The number of carbonyl (C=O) groups is 2. The van der Waals surface area contributed by atoms with E-state index in [0.29, 0.717) is 30.6 Å². The number of hydrogen-bond donors (Lipinski definition) is 0. The van der Waals surface area contributed by atoms with E-state index in [4.69, 9.17) is 9.47 Å². The molecule has 0 radical (unpaired) electrons. The van der Waals surface area contributed by atoms with E-state index in [1.807, 2.05) is 13.8 Å². The number of cyclic esters (lactones) is 2. The molecular formula is C13H18O4. The van der Waals surface area contributed by atoms with Crippen LogP contribution in [0.2, 0.25) is 0 Å². The van der Waals surface area contributed by atoms with Gasteiger partial charge >= 0.3 is 11.9 Å². The molecule has 0 saturated heterocycles. The number of esters is 2. The molecule has 0 saturated carbocycles. The van der Waals surface area contributed by atoms with Gasteiger partial charge in [-0.25, -0.2) is 9.59 Å². The van der Waals surface area contributed by atoms with Crippen LogP contribution in [0, 0.1) is 0 Å². The van der Waals surface area contributed by atoms with Crippen molar-refractivity contribution in [1.29, 1.82) is 0 Å². The van der Waals surface area contributed by atoms with Crippen LogP contribution in [-0.4, -0.2) is 18.0 Å². The molecule has 0 amide bonds. The van der Waals surface area contributed by atoms with Crippen LogP contribution in [0.5, 0.6) is 0 Å². The molecule has 1 unspecified atom stereocenters. The van der Waals surface area contributed by atoms with Gasteiger partial charge in [-0.15, -0.1) is 0 Å². The van der Waals surface area contributed by atoms with Gasteiger partial charge in [0, 0.05) is 18.1 Å². The lowest BCUT2D eigenvalue weighted by Gasteiger charge is -2.11. The second-order valence-electron chi connectivity index (χ2n) is 3.78. The topological polar surface area (TPSA) is 52.6 Å². The number of allylic oxidation sites excluding steroid dienone is 1. The maximum atomic E-state index is 11.7. The molecule has 0 aromatic rings. The van der Waals surface area contributed by atoms with Gasteiger partial charge in [-0.3, -0.25) is 0 Å². The Balaban J connectivity index is 3.05. The van der Waals surface area contributed by atoms with Crippen molar-refractivity contribution in [3.63, 3.8) is 0 Å². The van der Waals surface area contributed by atoms with E-state index < -0.39 is 11.9 Å². The minimum absolute atomic E-state index is 0.335. The van der Waals surface area contributed by atoms with Crippen molar-refractivity contribution in [2.75, 3.05) is 0 Å². The molecule has 4 nitrogen and oxygen atoms in total. The fourth-order valence-electron chi connectivity index (χ4n) is 1.48. The van der Waals surface area contributed by atoms with Gasteiger partial charge in [0.1, 0.15) is 11.9 Å². The first-order valence-electron chi connectivity index (χ1n) is 5.94. The Morgan fingerprint density at radius 1 is 1.18 bits per heavy atom. The van der Waals surface area contributed by atoms with Crippen LogP contribution in [0.1, 0.15) is 40.0 Å². The molecule has 0 N–H and O–H groups in total. The van der Waals surface area contributed by atoms with Crippen molar-refractivity contribution in [1.82, 2.24) is 0 Å². The molecule has 1 aliphatic rings. The molecule has 0 bridgehead atoms. The molecule has 1 aliphatic heterocycles. The van der Waals surface area contributed by atoms with Crippen LogP contribution < -0.4 is 0 Å². The highest BCUT2D eigenvalue weighted by Gasteiger charge is 2.19. The van der Waals surface area contributed by atoms with Gasteiger partial charge in [0.25, 0.3) is 0 Å². The lowest BCUT2D eigenvalue weighted by Crippen LogP contribution is -2.13. The van der Waals surface area contributed by atoms with Crippen molar-refractivity contribution < 1.29 is 19.1 Å². The van der Waals surface area contributed by atoms with E-state index in [0.717, 1.165) is 0 Å². The van der Waals surface area contributed by atoms with Gasteiger partial charge in [-0.2, -0.15) is 0 Å². The largest absolute Gasteiger partial charge is 0.455 e. The van der Waals surface area contributed by atoms with Gasteiger partial charge in [0.2, 0.25) is 0 Å². The van der Waals surface area contributed by atoms with Crippen molar-refractivity contribution >= 4 is 11.9 Å². The molecule has 0 aromatic heterocycles. The number of hydrogen-bond acceptors (Lipinski definition) is 4. The fraction of sp³-hybridized carbons (Fsp3) is 0.538. The summed E-state index contributed by atoms with van der Waals surface area (Å²) in [7, 11) is 0. The fourth-order valence-corrected chi connectivity index (χ4v) is 1.48. The van der Waals surface area contributed by atoms with Crippen molar-refractivity contribution in [3.8, 4) is 0 Å². The third-order valence-electron chi connectivity index (χ3n) is 2.55. The standard InChI is InChI=1S/C13H18O4/c1-4-9-7-12(14)16-10(5-2)8-11(6-3)17-13(9)15/h7-8,10H,4-6H2,1-3H3/b9-7-,11-8-. The SMILES string of the molecule is CC/C1=C/C(CC)OC(=O)/C=C(/CC)C(=O)O1. The highest BCUT2D eigenvalue weighted by atomic mass is 16.6. The average Bonchev–Trinajstić information content (AvgIpc) is 2.38. The average molecular weight is 238 g/mol. The lowest BCUT2D eigenvalue weighted by atomic mass is 10.2. The van der Waals surface area contributed by atoms with E-state index in [1.165, 1.54) is 6.08 Å². The zero-order valence-corrected chi connectivity index (χ0v) is 10.5. The van der Waals surface area contributed by atoms with Gasteiger partial charge in [0.15, 0.2) is 0 Å². The minimum Gasteiger partial charge on any atom is -0.455 e. The summed E-state index contributed by atoms with van der Waals surface area (Å²) in [5, 5.41) is 0. The third kappa shape index (κ3) is 3.73. The van der Waals surface area contributed by atoms with E-state index in [2.05, 4.69) is 0 Å². The summed E-state index contributed by atoms with van der Waals surface area (Å²) in [6.07, 6.45) is 4.28. The van der Waals surface area contributed by atoms with Crippen molar-refractivity contribution in [2.24, 2.45) is 0 Å². The predicted octanol–water partition coefficient (Wildman–Crippen LogP) is 2.50. The molecule has 4 heteroatoms. The van der Waals surface area contributed by atoms with Gasteiger partial charge in [-0.05, 0) is 18.9 Å². The van der Waals surface area contributed by atoms with E-state index in [9.17, 15) is 9.59 Å². The third-order valence-corrected chi connectivity index (χ3v) is 2.55. The molecule has 1 atom stereocenters. The zero-order chi connectivity index (χ0) is 12.8. The van der Waals surface area contributed by atoms with Gasteiger partial charge < -0.3 is 9.47 Å². The van der Waals surface area contributed by atoms with Gasteiger partial charge in [0.05, 0.1) is 0 Å². The van der Waals surface area contributed by atoms with Crippen molar-refractivity contribution in [2.45, 2.75) is 46.1 Å². The Bertz CT molecular complexity index is 366. The molecular weight excluding hydrogens is 220 g/mol. The van der Waals surface area contributed by atoms with Crippen LogP contribution >= 0.6 is 0 Å². The Kier molecular flexibility index (Phi) is 4.94. The second kappa shape index (κ2) is 6.23. The molecule has 0 fully saturated rings. The first kappa shape index (κ1) is 13.5. The second-order valence-corrected chi connectivity index (χ2v) is 3.78. The van der Waals surface area contributed by atoms with Gasteiger partial charge in [-0.1, -0.05) is 20.8 Å². The maximum Gasteiger partial charge on any atom is 0.339 e. The summed E-state index contributed by atoms with van der Waals surface area (Å²) in [5.74, 6) is -0.399. The normalized spacial score (nSPS) is 27.6. The highest BCUT2D eigenvalue weighted by Crippen LogP contribution is 2.16. The Hall–Kier alpha value is -1.58. The van der Waals surface area contributed by atoms with Crippen LogP contribution in [-0.2, 0) is 19.1 Å². The first-order valence-corrected chi connectivity index (χ1v) is 5.94. The number of ether oxygens (including phenoxy) is 2. The van der Waals surface area contributed by atoms with Crippen molar-refractivity contribution in [3.05, 3.63) is 23.5 Å². The van der Waals surface area contributed by atoms with Crippen LogP contribution in [0.15, 0.2) is 23.5 Å². The Morgan fingerprint density at radius 2 is 1.88 bits per heavy atom. The van der Waals surface area contributed by atoms with E-state index in [-0.39, 0.29) is 6.10 Å². The summed E-state index contributed by atoms with van der Waals surface area (Å²) in [6.45, 7) is 5.59. The summed E-state index contributed by atoms with van der Waals surface area (Å²) >= 11 is 0. The maximum absolute atomic E-state index is 11.7. The van der Waals surface area contributed by atoms with Crippen LogP contribution in [0.4, 0.5) is 0 Å². The molecule has 1 heterocycles. The predicted molar refractivity (Wildman–Crippen MR) is 63.0 cm³/mol. The lowest BCUT2D eigenvalue weighted by molar-refractivity contribution is -0.141. The molecule has 0 aliphatic carbocycles. The highest BCUT2D eigenvalue weighted by molar-refractivity contribution is 5.96. The number of carbonyl (C=O) groups excluding carboxylic acids is 2. The molecule has 0 spiro atoms. The summed E-state index contributed by atoms with van der Waals surface area (Å²) in [4.78, 5) is 23.3. The van der Waals surface area contributed by atoms with Crippen LogP contribution in [0.25, 0.3) is 0 Å². The Labute approximate surface area is 101 Å². The minimum atomic E-state index is -0.487. The summed E-state index contributed by atoms with van der Waals surface area (Å²) in [5.41, 5.74) is 0.339.